The number of carbonyl (C=O) groups excluding carboxylic acids is 2. The van der Waals surface area contributed by atoms with E-state index in [2.05, 4.69) is 5.32 Å². The summed E-state index contributed by atoms with van der Waals surface area (Å²) in [4.78, 5) is 30.3. The van der Waals surface area contributed by atoms with Crippen molar-refractivity contribution in [2.75, 3.05) is 5.75 Å². The highest BCUT2D eigenvalue weighted by atomic mass is 35.5. The highest BCUT2D eigenvalue weighted by Gasteiger charge is 2.53. The lowest BCUT2D eigenvalue weighted by atomic mass is 9.66. The lowest BCUT2D eigenvalue weighted by Crippen LogP contribution is -2.59. The first kappa shape index (κ1) is 33.8. The zero-order valence-electron chi connectivity index (χ0n) is 26.1. The first-order chi connectivity index (χ1) is 20.2. The molecule has 2 aromatic rings. The van der Waals surface area contributed by atoms with Gasteiger partial charge in [-0.05, 0) is 60.6 Å². The lowest BCUT2D eigenvalue weighted by molar-refractivity contribution is -0.158. The molecule has 1 heterocycles. The molecule has 2 fully saturated rings. The quantitative estimate of drug-likeness (QED) is 0.271. The fourth-order valence-corrected chi connectivity index (χ4v) is 8.59. The molecule has 5 atom stereocenters. The van der Waals surface area contributed by atoms with Crippen molar-refractivity contribution < 1.29 is 13.8 Å². The van der Waals surface area contributed by atoms with Crippen LogP contribution in [0.4, 0.5) is 0 Å². The molecule has 2 aromatic carbocycles. The van der Waals surface area contributed by atoms with Gasteiger partial charge in [0.1, 0.15) is 0 Å². The third-order valence-corrected chi connectivity index (χ3v) is 12.3. The van der Waals surface area contributed by atoms with Gasteiger partial charge in [0.2, 0.25) is 11.8 Å². The molecule has 2 unspecified atom stereocenters. The maximum absolute atomic E-state index is 14.9. The van der Waals surface area contributed by atoms with E-state index in [-0.39, 0.29) is 47.1 Å². The van der Waals surface area contributed by atoms with E-state index in [4.69, 9.17) is 28.0 Å². The Balaban J connectivity index is 1.85. The average molecular weight is 649 g/mol. The minimum atomic E-state index is -3.01. The molecule has 0 radical (unpaired) electrons. The van der Waals surface area contributed by atoms with Gasteiger partial charge in [-0.15, -0.1) is 0 Å². The van der Waals surface area contributed by atoms with E-state index in [0.29, 0.717) is 16.5 Å². The third kappa shape index (κ3) is 7.96. The molecule has 6 nitrogen and oxygen atoms in total. The number of halogens is 2. The first-order valence-corrected chi connectivity index (χ1v) is 18.1. The van der Waals surface area contributed by atoms with Gasteiger partial charge in [0, 0.05) is 49.4 Å². The molecule has 2 aliphatic rings. The van der Waals surface area contributed by atoms with Gasteiger partial charge in [-0.25, -0.2) is 4.21 Å². The van der Waals surface area contributed by atoms with Gasteiger partial charge in [0.05, 0.1) is 17.2 Å². The Kier molecular flexibility index (Phi) is 10.9. The smallest absolute Gasteiger partial charge is 0.229 e. The molecule has 2 amide bonds. The van der Waals surface area contributed by atoms with Gasteiger partial charge in [0.15, 0.2) is 0 Å². The number of hydrogen-bond donors (Lipinski definition) is 2. The number of hydrogen-bond acceptors (Lipinski definition) is 4. The molecule has 1 saturated carbocycles. The fourth-order valence-electron chi connectivity index (χ4n) is 6.83. The molecule has 236 valence electrons. The predicted octanol–water partition coefficient (Wildman–Crippen LogP) is 8.38. The number of amides is 2. The molecule has 43 heavy (non-hydrogen) atoms. The van der Waals surface area contributed by atoms with Crippen LogP contribution in [-0.2, 0) is 19.3 Å². The monoisotopic (exact) mass is 647 g/mol. The Morgan fingerprint density at radius 2 is 1.67 bits per heavy atom. The molecule has 4 rings (SSSR count). The molecular formula is C34H47Cl2N3O3S. The summed E-state index contributed by atoms with van der Waals surface area (Å²) >= 11 is 12.8. The van der Waals surface area contributed by atoms with Crippen LogP contribution in [0, 0.1) is 16.1 Å². The Morgan fingerprint density at radius 1 is 1.02 bits per heavy atom. The summed E-state index contributed by atoms with van der Waals surface area (Å²) in [7, 11) is -3.01. The van der Waals surface area contributed by atoms with Gasteiger partial charge in [0.25, 0.3) is 0 Å². The van der Waals surface area contributed by atoms with Gasteiger partial charge < -0.3 is 10.2 Å². The Labute approximate surface area is 268 Å². The van der Waals surface area contributed by atoms with E-state index in [9.17, 15) is 13.8 Å². The van der Waals surface area contributed by atoms with E-state index in [0.717, 1.165) is 36.8 Å². The van der Waals surface area contributed by atoms with E-state index in [1.165, 1.54) is 6.42 Å². The second-order valence-corrected chi connectivity index (χ2v) is 17.1. The minimum Gasteiger partial charge on any atom is -0.353 e. The highest BCUT2D eigenvalue weighted by Crippen LogP contribution is 2.52. The summed E-state index contributed by atoms with van der Waals surface area (Å²) in [5.41, 5.74) is 0.868. The van der Waals surface area contributed by atoms with E-state index in [1.807, 2.05) is 74.2 Å². The summed E-state index contributed by atoms with van der Waals surface area (Å²) in [5, 5.41) is 4.05. The molecular weight excluding hydrogens is 601 g/mol. The second kappa shape index (κ2) is 13.9. The van der Waals surface area contributed by atoms with E-state index < -0.39 is 27.2 Å². The molecule has 2 N–H and O–H groups in total. The number of piperidine rings is 1. The van der Waals surface area contributed by atoms with E-state index in [1.54, 1.807) is 13.8 Å². The molecule has 0 bridgehead atoms. The van der Waals surface area contributed by atoms with Gasteiger partial charge in [-0.3, -0.25) is 14.4 Å². The van der Waals surface area contributed by atoms with Crippen LogP contribution in [0.5, 0.6) is 0 Å². The van der Waals surface area contributed by atoms with Gasteiger partial charge in [-0.2, -0.15) is 0 Å². The number of benzene rings is 2. The Bertz CT molecular complexity index is 1390. The van der Waals surface area contributed by atoms with Crippen LogP contribution in [0.3, 0.4) is 0 Å². The summed E-state index contributed by atoms with van der Waals surface area (Å²) < 4.78 is 22.4. The SMILES string of the molecule is CC(C)C(CS(=N)(=O)C(C)C)N1C(=O)[C@@](C)(CC(=O)NC2CCCCC2)C[C@H](c2cccc(Cl)c2)[C@H]1c1ccc(Cl)cc1. The normalized spacial score (nSPS) is 25.5. The maximum atomic E-state index is 14.9. The van der Waals surface area contributed by atoms with Crippen LogP contribution >= 0.6 is 23.2 Å². The fraction of sp³-hybridized carbons (Fsp3) is 0.588. The van der Waals surface area contributed by atoms with Crippen molar-refractivity contribution in [2.45, 2.75) is 109 Å². The summed E-state index contributed by atoms with van der Waals surface area (Å²) in [5.74, 6) is -0.466. The summed E-state index contributed by atoms with van der Waals surface area (Å²) in [6.07, 6.45) is 5.84. The second-order valence-electron chi connectivity index (χ2n) is 13.5. The van der Waals surface area contributed by atoms with Crippen molar-refractivity contribution in [2.24, 2.45) is 11.3 Å². The zero-order valence-corrected chi connectivity index (χ0v) is 28.4. The number of nitrogens with one attached hydrogen (secondary N) is 2. The van der Waals surface area contributed by atoms with Crippen molar-refractivity contribution in [3.8, 4) is 0 Å². The van der Waals surface area contributed by atoms with Crippen LogP contribution in [0.1, 0.15) is 103 Å². The molecule has 9 heteroatoms. The number of carbonyl (C=O) groups is 2. The van der Waals surface area contributed by atoms with Crippen LogP contribution in [0.15, 0.2) is 48.5 Å². The highest BCUT2D eigenvalue weighted by molar-refractivity contribution is 7.93. The number of rotatable bonds is 10. The average Bonchev–Trinajstić information content (AvgIpc) is 2.94. The molecule has 0 aromatic heterocycles. The van der Waals surface area contributed by atoms with Crippen molar-refractivity contribution in [1.29, 1.82) is 4.78 Å². The predicted molar refractivity (Wildman–Crippen MR) is 177 cm³/mol. The standard InChI is InChI=1S/C34H47Cl2N3O3S/c1-22(2)30(21-43(37,42)23(3)4)39-32(24-14-16-26(35)17-15-24)29(25-10-9-11-27(36)18-25)19-34(5,33(39)41)20-31(40)38-28-12-7-6-8-13-28/h9-11,14-18,22-23,28-30,32,37H,6-8,12-13,19-21H2,1-5H3,(H,38,40)/t29-,30?,32-,34-,43?/m1/s1. The lowest BCUT2D eigenvalue weighted by Gasteiger charge is -2.53. The molecule has 0 spiro atoms. The van der Waals surface area contributed by atoms with Crippen molar-refractivity contribution >= 4 is 44.7 Å². The molecule has 1 aliphatic heterocycles. The Morgan fingerprint density at radius 3 is 2.26 bits per heavy atom. The number of likely N-dealkylation sites (tertiary alicyclic amines) is 1. The maximum Gasteiger partial charge on any atom is 0.229 e. The topological polar surface area (TPSA) is 90.3 Å². The van der Waals surface area contributed by atoms with Gasteiger partial charge in [-0.1, -0.05) is 101 Å². The first-order valence-electron chi connectivity index (χ1n) is 15.6. The summed E-state index contributed by atoms with van der Waals surface area (Å²) in [6.45, 7) is 9.54. The third-order valence-electron chi connectivity index (χ3n) is 9.42. The van der Waals surface area contributed by atoms with Crippen LogP contribution in [0.25, 0.3) is 0 Å². The summed E-state index contributed by atoms with van der Waals surface area (Å²) in [6, 6.07) is 14.5. The minimum absolute atomic E-state index is 0.0603. The van der Waals surface area contributed by atoms with Crippen molar-refractivity contribution in [1.82, 2.24) is 10.2 Å². The van der Waals surface area contributed by atoms with Crippen LogP contribution in [-0.4, -0.2) is 44.0 Å². The van der Waals surface area contributed by atoms with Crippen LogP contribution in [0.2, 0.25) is 10.0 Å². The van der Waals surface area contributed by atoms with Gasteiger partial charge >= 0.3 is 0 Å². The largest absolute Gasteiger partial charge is 0.353 e. The zero-order chi connectivity index (χ0) is 31.5. The molecule has 1 saturated heterocycles. The van der Waals surface area contributed by atoms with Crippen molar-refractivity contribution in [3.63, 3.8) is 0 Å². The van der Waals surface area contributed by atoms with Crippen LogP contribution < -0.4 is 5.32 Å². The number of nitrogens with zero attached hydrogens (tertiary/aromatic N) is 1. The molecule has 1 aliphatic carbocycles. The van der Waals surface area contributed by atoms with E-state index >= 15 is 0 Å². The van der Waals surface area contributed by atoms with Crippen molar-refractivity contribution in [3.05, 3.63) is 69.7 Å². The Hall–Kier alpha value is -2.09.